The molecular weight excluding hydrogens is 244 g/mol. The molecule has 1 saturated heterocycles. The highest BCUT2D eigenvalue weighted by Crippen LogP contribution is 2.30. The van der Waals surface area contributed by atoms with Crippen LogP contribution in [-0.4, -0.2) is 53.8 Å². The van der Waals surface area contributed by atoms with Gasteiger partial charge in [-0.3, -0.25) is 4.79 Å². The summed E-state index contributed by atoms with van der Waals surface area (Å²) >= 11 is 0. The Morgan fingerprint density at radius 3 is 2.29 bits per heavy atom. The van der Waals surface area contributed by atoms with E-state index in [1.54, 1.807) is 0 Å². The van der Waals surface area contributed by atoms with Gasteiger partial charge < -0.3 is 5.11 Å². The van der Waals surface area contributed by atoms with Gasteiger partial charge in [-0.1, -0.05) is 19.3 Å². The molecule has 1 N–H and O–H groups in total. The topological polar surface area (TPSA) is 77.9 Å². The van der Waals surface area contributed by atoms with E-state index in [-0.39, 0.29) is 12.6 Å². The van der Waals surface area contributed by atoms with Crippen LogP contribution in [0.15, 0.2) is 0 Å². The lowest BCUT2D eigenvalue weighted by Crippen LogP contribution is -2.40. The average Bonchev–Trinajstić information content (AvgIpc) is 2.52. The zero-order valence-corrected chi connectivity index (χ0v) is 10.7. The highest BCUT2D eigenvalue weighted by atomic mass is 32.2. The van der Waals surface area contributed by atoms with Crippen molar-refractivity contribution >= 4 is 16.2 Å². The molecule has 1 saturated carbocycles. The second-order valence-corrected chi connectivity index (χ2v) is 6.68. The molecule has 0 aromatic heterocycles. The Kier molecular flexibility index (Phi) is 3.42. The van der Waals surface area contributed by atoms with Crippen molar-refractivity contribution in [2.75, 3.05) is 13.6 Å². The molecule has 0 amide bonds. The van der Waals surface area contributed by atoms with Crippen LogP contribution in [0.5, 0.6) is 0 Å². The summed E-state index contributed by atoms with van der Waals surface area (Å²) in [7, 11) is -2.23. The van der Waals surface area contributed by atoms with Gasteiger partial charge in [0.15, 0.2) is 0 Å². The Balaban J connectivity index is 2.20. The highest BCUT2D eigenvalue weighted by molar-refractivity contribution is 7.87. The summed E-state index contributed by atoms with van der Waals surface area (Å²) in [5.41, 5.74) is 0. The van der Waals surface area contributed by atoms with Crippen molar-refractivity contribution < 1.29 is 18.3 Å². The van der Waals surface area contributed by atoms with Crippen molar-refractivity contribution in [1.82, 2.24) is 8.61 Å². The molecule has 2 fully saturated rings. The van der Waals surface area contributed by atoms with Crippen LogP contribution in [0.25, 0.3) is 0 Å². The van der Waals surface area contributed by atoms with E-state index in [9.17, 15) is 13.2 Å². The van der Waals surface area contributed by atoms with Gasteiger partial charge >= 0.3 is 5.97 Å². The number of carbonyl (C=O) groups is 1. The van der Waals surface area contributed by atoms with Crippen LogP contribution in [0.1, 0.15) is 32.1 Å². The maximum absolute atomic E-state index is 12.1. The molecule has 6 nitrogen and oxygen atoms in total. The van der Waals surface area contributed by atoms with Crippen LogP contribution in [-0.2, 0) is 15.0 Å². The molecule has 0 aromatic carbocycles. The minimum atomic E-state index is -3.57. The first-order valence-corrected chi connectivity index (χ1v) is 7.32. The van der Waals surface area contributed by atoms with Gasteiger partial charge in [0.2, 0.25) is 0 Å². The molecule has 1 aliphatic heterocycles. The second-order valence-electron chi connectivity index (χ2n) is 4.74. The summed E-state index contributed by atoms with van der Waals surface area (Å²) in [6.45, 7) is 0.0822. The number of likely N-dealkylation sites (N-methyl/N-ethyl adjacent to an activating group) is 1. The number of aliphatic carboxylic acids is 1. The van der Waals surface area contributed by atoms with E-state index >= 15 is 0 Å². The van der Waals surface area contributed by atoms with Crippen LogP contribution in [0.3, 0.4) is 0 Å². The quantitative estimate of drug-likeness (QED) is 0.774. The molecule has 0 aromatic rings. The fraction of sp³-hybridized carbons (Fsp3) is 0.900. The van der Waals surface area contributed by atoms with Gasteiger partial charge in [0, 0.05) is 19.6 Å². The van der Waals surface area contributed by atoms with Gasteiger partial charge in [0.25, 0.3) is 10.2 Å². The number of nitrogens with zero attached hydrogens (tertiary/aromatic N) is 2. The normalized spacial score (nSPS) is 31.7. The first kappa shape index (κ1) is 12.8. The van der Waals surface area contributed by atoms with E-state index in [0.717, 1.165) is 36.4 Å². The van der Waals surface area contributed by atoms with Gasteiger partial charge in [0.05, 0.1) is 0 Å². The van der Waals surface area contributed by atoms with Crippen LogP contribution < -0.4 is 0 Å². The van der Waals surface area contributed by atoms with Crippen LogP contribution in [0.2, 0.25) is 0 Å². The van der Waals surface area contributed by atoms with Gasteiger partial charge in [0.1, 0.15) is 6.04 Å². The molecule has 2 rings (SSSR count). The monoisotopic (exact) mass is 262 g/mol. The number of carboxylic acids is 1. The zero-order chi connectivity index (χ0) is 12.6. The smallest absolute Gasteiger partial charge is 0.323 e. The summed E-state index contributed by atoms with van der Waals surface area (Å²) in [6, 6.07) is -0.956. The third kappa shape index (κ3) is 2.19. The van der Waals surface area contributed by atoms with Crippen LogP contribution in [0.4, 0.5) is 0 Å². The third-order valence-electron chi connectivity index (χ3n) is 3.72. The second kappa shape index (κ2) is 4.55. The number of hydrogen-bond donors (Lipinski definition) is 1. The fourth-order valence-corrected chi connectivity index (χ4v) is 4.37. The van der Waals surface area contributed by atoms with Crippen molar-refractivity contribution in [2.45, 2.75) is 44.2 Å². The third-order valence-corrected chi connectivity index (χ3v) is 5.74. The maximum Gasteiger partial charge on any atom is 0.323 e. The standard InChI is InChI=1S/C10H18N2O4S/c1-11-9(10(13)14)7-12(17(11,15)16)8-5-3-2-4-6-8/h8-9H,2-7H2,1H3,(H,13,14). The molecule has 1 heterocycles. The molecule has 0 bridgehead atoms. The Bertz CT molecular complexity index is 403. The Labute approximate surface area is 101 Å². The molecule has 1 atom stereocenters. The molecule has 2 aliphatic rings. The maximum atomic E-state index is 12.1. The zero-order valence-electron chi connectivity index (χ0n) is 9.87. The lowest BCUT2D eigenvalue weighted by Gasteiger charge is -2.29. The average molecular weight is 262 g/mol. The first-order chi connectivity index (χ1) is 7.94. The van der Waals surface area contributed by atoms with E-state index in [1.165, 1.54) is 11.4 Å². The number of hydrogen-bond acceptors (Lipinski definition) is 3. The van der Waals surface area contributed by atoms with Crippen LogP contribution >= 0.6 is 0 Å². The molecular formula is C10H18N2O4S. The lowest BCUT2D eigenvalue weighted by atomic mass is 9.95. The van der Waals surface area contributed by atoms with Gasteiger partial charge in [-0.2, -0.15) is 17.0 Å². The van der Waals surface area contributed by atoms with E-state index in [4.69, 9.17) is 5.11 Å². The summed E-state index contributed by atoms with van der Waals surface area (Å²) in [5.74, 6) is -1.07. The van der Waals surface area contributed by atoms with E-state index < -0.39 is 22.2 Å². The largest absolute Gasteiger partial charge is 0.480 e. The van der Waals surface area contributed by atoms with Crippen molar-refractivity contribution in [3.8, 4) is 0 Å². The molecule has 1 unspecified atom stereocenters. The van der Waals surface area contributed by atoms with E-state index in [1.807, 2.05) is 0 Å². The molecule has 0 spiro atoms. The Hall–Kier alpha value is -0.660. The summed E-state index contributed by atoms with van der Waals surface area (Å²) < 4.78 is 26.5. The summed E-state index contributed by atoms with van der Waals surface area (Å²) in [4.78, 5) is 11.0. The highest BCUT2D eigenvalue weighted by Gasteiger charge is 2.47. The molecule has 98 valence electrons. The minimum absolute atomic E-state index is 0.0134. The van der Waals surface area contributed by atoms with Gasteiger partial charge in [-0.15, -0.1) is 0 Å². The van der Waals surface area contributed by atoms with Crippen LogP contribution in [0, 0.1) is 0 Å². The number of carboxylic acid groups (broad SMARTS) is 1. The molecule has 1 aliphatic carbocycles. The van der Waals surface area contributed by atoms with Crippen molar-refractivity contribution in [3.63, 3.8) is 0 Å². The van der Waals surface area contributed by atoms with Crippen molar-refractivity contribution in [1.29, 1.82) is 0 Å². The van der Waals surface area contributed by atoms with Gasteiger partial charge in [-0.05, 0) is 12.8 Å². The number of rotatable bonds is 2. The van der Waals surface area contributed by atoms with Gasteiger partial charge in [-0.25, -0.2) is 0 Å². The predicted octanol–water partition coefficient (Wildman–Crippen LogP) is 0.264. The first-order valence-electron chi connectivity index (χ1n) is 5.92. The molecule has 0 radical (unpaired) electrons. The summed E-state index contributed by atoms with van der Waals surface area (Å²) in [5, 5.41) is 9.00. The van der Waals surface area contributed by atoms with E-state index in [0.29, 0.717) is 0 Å². The molecule has 7 heteroatoms. The minimum Gasteiger partial charge on any atom is -0.480 e. The van der Waals surface area contributed by atoms with Crippen molar-refractivity contribution in [3.05, 3.63) is 0 Å². The Morgan fingerprint density at radius 2 is 1.82 bits per heavy atom. The Morgan fingerprint density at radius 1 is 1.24 bits per heavy atom. The molecule has 17 heavy (non-hydrogen) atoms. The lowest BCUT2D eigenvalue weighted by molar-refractivity contribution is -0.140. The summed E-state index contributed by atoms with van der Waals surface area (Å²) in [6.07, 6.45) is 4.89. The van der Waals surface area contributed by atoms with E-state index in [2.05, 4.69) is 0 Å². The predicted molar refractivity (Wildman–Crippen MR) is 61.7 cm³/mol. The fourth-order valence-electron chi connectivity index (χ4n) is 2.65. The SMILES string of the molecule is CN1C(C(=O)O)CN(C2CCCCC2)S1(=O)=O. The van der Waals surface area contributed by atoms with Crippen molar-refractivity contribution in [2.24, 2.45) is 0 Å².